The molecule has 2 aromatic carbocycles. The number of carboxylic acids is 1. The Labute approximate surface area is 136 Å². The number of hydrogen-bond acceptors (Lipinski definition) is 5. The number of carbonyl (C=O) groups is 1. The van der Waals surface area contributed by atoms with E-state index >= 15 is 0 Å². The van der Waals surface area contributed by atoms with Gasteiger partial charge >= 0.3 is 5.97 Å². The fourth-order valence-corrected chi connectivity index (χ4v) is 4.17. The van der Waals surface area contributed by atoms with E-state index in [2.05, 4.69) is 4.98 Å². The average molecular weight is 348 g/mol. The summed E-state index contributed by atoms with van der Waals surface area (Å²) >= 11 is 1.30. The molecule has 0 unspecified atom stereocenters. The molecule has 0 saturated heterocycles. The number of benzene rings is 2. The zero-order valence-corrected chi connectivity index (χ0v) is 13.6. The number of aromatic nitrogens is 1. The number of aromatic carboxylic acids is 1. The Morgan fingerprint density at radius 2 is 1.96 bits per heavy atom. The Balaban J connectivity index is 2.38. The van der Waals surface area contributed by atoms with Crippen LogP contribution in [-0.2, 0) is 10.0 Å². The van der Waals surface area contributed by atoms with E-state index in [4.69, 9.17) is 5.14 Å². The van der Waals surface area contributed by atoms with Crippen molar-refractivity contribution in [2.75, 3.05) is 0 Å². The monoisotopic (exact) mass is 348 g/mol. The third-order valence-corrected chi connectivity index (χ3v) is 5.30. The summed E-state index contributed by atoms with van der Waals surface area (Å²) in [6.07, 6.45) is 0. The lowest BCUT2D eigenvalue weighted by molar-refractivity contribution is 0.0693. The molecule has 0 amide bonds. The van der Waals surface area contributed by atoms with Gasteiger partial charge in [0, 0.05) is 5.56 Å². The van der Waals surface area contributed by atoms with Gasteiger partial charge in [-0.2, -0.15) is 0 Å². The Hall–Kier alpha value is -2.29. The van der Waals surface area contributed by atoms with Crippen LogP contribution in [0, 0.1) is 6.92 Å². The molecule has 8 heteroatoms. The second kappa shape index (κ2) is 5.41. The summed E-state index contributed by atoms with van der Waals surface area (Å²) in [6.45, 7) is 1.68. The molecule has 0 aliphatic rings. The van der Waals surface area contributed by atoms with E-state index in [1.54, 1.807) is 13.0 Å². The van der Waals surface area contributed by atoms with Gasteiger partial charge in [0.25, 0.3) is 0 Å². The average Bonchev–Trinajstić information content (AvgIpc) is 2.88. The first-order valence-corrected chi connectivity index (χ1v) is 8.90. The minimum absolute atomic E-state index is 0.253. The van der Waals surface area contributed by atoms with Crippen LogP contribution in [0.4, 0.5) is 0 Å². The number of nitrogens with two attached hydrogens (primary N) is 1. The molecule has 1 aromatic heterocycles. The van der Waals surface area contributed by atoms with Gasteiger partial charge in [-0.3, -0.25) is 0 Å². The molecule has 0 atom stereocenters. The van der Waals surface area contributed by atoms with Crippen LogP contribution in [0.5, 0.6) is 0 Å². The quantitative estimate of drug-likeness (QED) is 0.756. The normalized spacial score (nSPS) is 11.7. The summed E-state index contributed by atoms with van der Waals surface area (Å²) in [5, 5.41) is 15.1. The number of para-hydroxylation sites is 1. The van der Waals surface area contributed by atoms with Crippen molar-refractivity contribution in [3.05, 3.63) is 47.5 Å². The van der Waals surface area contributed by atoms with Crippen molar-refractivity contribution >= 4 is 37.5 Å². The maximum absolute atomic E-state index is 11.8. The molecule has 6 nitrogen and oxygen atoms in total. The van der Waals surface area contributed by atoms with Gasteiger partial charge in [0.05, 0.1) is 20.7 Å². The molecule has 0 bridgehead atoms. The summed E-state index contributed by atoms with van der Waals surface area (Å²) in [6, 6.07) is 10.2. The molecule has 3 rings (SSSR count). The third-order valence-electron chi connectivity index (χ3n) is 3.29. The van der Waals surface area contributed by atoms with Crippen molar-refractivity contribution < 1.29 is 18.3 Å². The van der Waals surface area contributed by atoms with Crippen LogP contribution >= 0.6 is 11.3 Å². The molecule has 0 spiro atoms. The van der Waals surface area contributed by atoms with Gasteiger partial charge < -0.3 is 5.11 Å². The Kier molecular flexibility index (Phi) is 3.67. The first-order chi connectivity index (χ1) is 10.8. The van der Waals surface area contributed by atoms with Crippen molar-refractivity contribution in [3.63, 3.8) is 0 Å². The molecule has 0 radical (unpaired) electrons. The predicted molar refractivity (Wildman–Crippen MR) is 88.1 cm³/mol. The van der Waals surface area contributed by atoms with Crippen molar-refractivity contribution in [3.8, 4) is 10.6 Å². The molecule has 0 fully saturated rings. The Morgan fingerprint density at radius 3 is 2.57 bits per heavy atom. The molecular weight excluding hydrogens is 336 g/mol. The van der Waals surface area contributed by atoms with E-state index < -0.39 is 20.9 Å². The number of fused-ring (bicyclic) bond motifs is 1. The van der Waals surface area contributed by atoms with E-state index in [9.17, 15) is 18.3 Å². The lowest BCUT2D eigenvalue weighted by Crippen LogP contribution is -2.18. The van der Waals surface area contributed by atoms with Gasteiger partial charge in [0.2, 0.25) is 10.0 Å². The smallest absolute Gasteiger partial charge is 0.337 e. The second-order valence-corrected chi connectivity index (χ2v) is 7.58. The standard InChI is InChI=1S/C15H12N2O4S2/c1-8-6-9(13(15(18)19)12(7-8)23(16,20)21)14-17-10-4-2-3-5-11(10)22-14/h2-7H,1H3,(H,18,19)(H2,16,20,21). The number of sulfonamides is 1. The summed E-state index contributed by atoms with van der Waals surface area (Å²) in [5.74, 6) is -1.36. The first kappa shape index (κ1) is 15.6. The van der Waals surface area contributed by atoms with E-state index in [1.165, 1.54) is 17.4 Å². The summed E-state index contributed by atoms with van der Waals surface area (Å²) in [7, 11) is -4.17. The Bertz CT molecular complexity index is 1010. The van der Waals surface area contributed by atoms with Gasteiger partial charge in [-0.1, -0.05) is 12.1 Å². The number of aryl methyl sites for hydroxylation is 1. The van der Waals surface area contributed by atoms with Crippen LogP contribution in [-0.4, -0.2) is 24.5 Å². The highest BCUT2D eigenvalue weighted by Crippen LogP contribution is 2.35. The maximum atomic E-state index is 11.8. The summed E-state index contributed by atoms with van der Waals surface area (Å²) < 4.78 is 24.4. The largest absolute Gasteiger partial charge is 0.478 e. The zero-order valence-electron chi connectivity index (χ0n) is 12.0. The lowest BCUT2D eigenvalue weighted by Gasteiger charge is -2.10. The SMILES string of the molecule is Cc1cc(-c2nc3ccccc3s2)c(C(=O)O)c(S(N)(=O)=O)c1. The van der Waals surface area contributed by atoms with Crippen LogP contribution < -0.4 is 5.14 Å². The minimum atomic E-state index is -4.17. The number of thiazole rings is 1. The molecule has 3 N–H and O–H groups in total. The molecule has 0 saturated carbocycles. The molecular formula is C15H12N2O4S2. The number of nitrogens with zero attached hydrogens (tertiary/aromatic N) is 1. The number of rotatable bonds is 3. The lowest BCUT2D eigenvalue weighted by atomic mass is 10.0. The van der Waals surface area contributed by atoms with Crippen molar-refractivity contribution in [2.45, 2.75) is 11.8 Å². The van der Waals surface area contributed by atoms with Gasteiger partial charge in [0.15, 0.2) is 0 Å². The van der Waals surface area contributed by atoms with Crippen LogP contribution in [0.3, 0.4) is 0 Å². The van der Waals surface area contributed by atoms with Gasteiger partial charge in [-0.05, 0) is 36.8 Å². The van der Waals surface area contributed by atoms with Crippen molar-refractivity contribution in [2.24, 2.45) is 5.14 Å². The summed E-state index contributed by atoms with van der Waals surface area (Å²) in [4.78, 5) is 15.7. The van der Waals surface area contributed by atoms with Gasteiger partial charge in [-0.15, -0.1) is 11.3 Å². The summed E-state index contributed by atoms with van der Waals surface area (Å²) in [5.41, 5.74) is 1.22. The third kappa shape index (κ3) is 2.83. The van der Waals surface area contributed by atoms with Gasteiger partial charge in [-0.25, -0.2) is 23.3 Å². The van der Waals surface area contributed by atoms with E-state index in [-0.39, 0.29) is 11.1 Å². The van der Waals surface area contributed by atoms with E-state index in [1.807, 2.05) is 24.3 Å². The van der Waals surface area contributed by atoms with Crippen molar-refractivity contribution in [1.29, 1.82) is 0 Å². The van der Waals surface area contributed by atoms with Crippen LogP contribution in [0.15, 0.2) is 41.3 Å². The highest BCUT2D eigenvalue weighted by Gasteiger charge is 2.25. The molecule has 0 aliphatic heterocycles. The number of carboxylic acid groups (broad SMARTS) is 1. The number of hydrogen-bond donors (Lipinski definition) is 2. The predicted octanol–water partition coefficient (Wildman–Crippen LogP) is 2.62. The van der Waals surface area contributed by atoms with Crippen LogP contribution in [0.2, 0.25) is 0 Å². The minimum Gasteiger partial charge on any atom is -0.478 e. The highest BCUT2D eigenvalue weighted by molar-refractivity contribution is 7.89. The zero-order chi connectivity index (χ0) is 16.8. The fourth-order valence-electron chi connectivity index (χ4n) is 2.35. The molecule has 23 heavy (non-hydrogen) atoms. The highest BCUT2D eigenvalue weighted by atomic mass is 32.2. The van der Waals surface area contributed by atoms with E-state index in [0.717, 1.165) is 10.2 Å². The molecule has 1 heterocycles. The van der Waals surface area contributed by atoms with E-state index in [0.29, 0.717) is 10.6 Å². The van der Waals surface area contributed by atoms with Gasteiger partial charge in [0.1, 0.15) is 5.01 Å². The Morgan fingerprint density at radius 1 is 1.26 bits per heavy atom. The molecule has 3 aromatic rings. The maximum Gasteiger partial charge on any atom is 0.337 e. The van der Waals surface area contributed by atoms with Crippen LogP contribution in [0.1, 0.15) is 15.9 Å². The fraction of sp³-hybridized carbons (Fsp3) is 0.0667. The molecule has 118 valence electrons. The first-order valence-electron chi connectivity index (χ1n) is 6.54. The second-order valence-electron chi connectivity index (χ2n) is 5.02. The van der Waals surface area contributed by atoms with Crippen LogP contribution in [0.25, 0.3) is 20.8 Å². The van der Waals surface area contributed by atoms with Crippen molar-refractivity contribution in [1.82, 2.24) is 4.98 Å². The topological polar surface area (TPSA) is 110 Å². The molecule has 0 aliphatic carbocycles. The number of primary sulfonamides is 1.